The van der Waals surface area contributed by atoms with Gasteiger partial charge in [-0.25, -0.2) is 13.2 Å². The molecular weight excluding hydrogens is 452 g/mol. The lowest BCUT2D eigenvalue weighted by Crippen LogP contribution is -2.50. The van der Waals surface area contributed by atoms with Gasteiger partial charge in [-0.05, 0) is 30.5 Å². The van der Waals surface area contributed by atoms with Gasteiger partial charge in [0.2, 0.25) is 10.0 Å². The Kier molecular flexibility index (Phi) is 6.02. The number of ether oxygens (including phenoxy) is 2. The van der Waals surface area contributed by atoms with Crippen LogP contribution >= 0.6 is 0 Å². The fourth-order valence-corrected chi connectivity index (χ4v) is 6.47. The van der Waals surface area contributed by atoms with Crippen LogP contribution in [0.5, 0.6) is 5.75 Å². The van der Waals surface area contributed by atoms with Crippen molar-refractivity contribution >= 4 is 21.8 Å². The van der Waals surface area contributed by atoms with Crippen molar-refractivity contribution in [3.05, 3.63) is 78.4 Å². The van der Waals surface area contributed by atoms with E-state index in [9.17, 15) is 13.2 Å². The van der Waals surface area contributed by atoms with Gasteiger partial charge < -0.3 is 9.47 Å². The van der Waals surface area contributed by atoms with Crippen LogP contribution in [-0.4, -0.2) is 45.1 Å². The van der Waals surface area contributed by atoms with Crippen LogP contribution in [0.1, 0.15) is 18.4 Å². The summed E-state index contributed by atoms with van der Waals surface area (Å²) in [4.78, 5) is 14.7. The molecule has 34 heavy (non-hydrogen) atoms. The number of methoxy groups -OCH3 is 1. The van der Waals surface area contributed by atoms with E-state index < -0.39 is 16.1 Å². The van der Waals surface area contributed by atoms with Gasteiger partial charge in [0.15, 0.2) is 0 Å². The summed E-state index contributed by atoms with van der Waals surface area (Å²) in [6.45, 7) is 0.820. The van der Waals surface area contributed by atoms with Gasteiger partial charge in [0.25, 0.3) is 0 Å². The Morgan fingerprint density at radius 1 is 0.912 bits per heavy atom. The van der Waals surface area contributed by atoms with Crippen LogP contribution in [-0.2, 0) is 21.4 Å². The Balaban J connectivity index is 1.40. The number of anilines is 1. The molecule has 3 aromatic carbocycles. The number of sulfonamides is 1. The maximum absolute atomic E-state index is 13.6. The van der Waals surface area contributed by atoms with Crippen LogP contribution in [0.25, 0.3) is 11.1 Å². The molecule has 8 heteroatoms. The number of piperidine rings is 1. The highest BCUT2D eigenvalue weighted by Gasteiger charge is 2.39. The predicted octanol–water partition coefficient (Wildman–Crippen LogP) is 4.67. The number of cyclic esters (lactones) is 1. The summed E-state index contributed by atoms with van der Waals surface area (Å²) in [7, 11) is -2.13. The molecule has 7 nitrogen and oxygen atoms in total. The molecule has 3 aromatic rings. The number of amides is 1. The number of fused-ring (bicyclic) bond motifs is 1. The van der Waals surface area contributed by atoms with Crippen LogP contribution in [0.2, 0.25) is 0 Å². The SMILES string of the molecule is COc1cccc2c1N(C1CCN(S(=O)(=O)c3ccccc3-c3ccccc3)CC1)C(=O)OC2. The first-order valence-corrected chi connectivity index (χ1v) is 12.7. The summed E-state index contributed by atoms with van der Waals surface area (Å²) in [6, 6.07) is 22.0. The fraction of sp³-hybridized carbons (Fsp3) is 0.269. The fourth-order valence-electron chi connectivity index (χ4n) is 4.78. The first-order valence-electron chi connectivity index (χ1n) is 11.3. The van der Waals surface area contributed by atoms with Crippen molar-refractivity contribution in [1.29, 1.82) is 0 Å². The van der Waals surface area contributed by atoms with E-state index in [1.165, 1.54) is 4.31 Å². The molecule has 0 N–H and O–H groups in total. The van der Waals surface area contributed by atoms with E-state index in [1.54, 1.807) is 24.1 Å². The van der Waals surface area contributed by atoms with E-state index in [0.717, 1.165) is 16.8 Å². The third kappa shape index (κ3) is 3.93. The van der Waals surface area contributed by atoms with Gasteiger partial charge in [-0.15, -0.1) is 0 Å². The zero-order chi connectivity index (χ0) is 23.7. The molecule has 176 valence electrons. The Hall–Kier alpha value is -3.36. The second kappa shape index (κ2) is 9.12. The van der Waals surface area contributed by atoms with Crippen molar-refractivity contribution in [2.75, 3.05) is 25.1 Å². The molecule has 5 rings (SSSR count). The standard InChI is InChI=1S/C26H26N2O5S/c1-32-23-12-7-10-20-18-33-26(29)28(25(20)23)21-14-16-27(17-15-21)34(30,31)24-13-6-5-11-22(24)19-8-3-2-4-9-19/h2-13,21H,14-18H2,1H3. The molecule has 1 fully saturated rings. The normalized spacial score (nSPS) is 17.2. The second-order valence-electron chi connectivity index (χ2n) is 8.39. The van der Waals surface area contributed by atoms with Crippen LogP contribution in [0.15, 0.2) is 77.7 Å². The molecule has 0 spiro atoms. The van der Waals surface area contributed by atoms with Gasteiger partial charge in [0, 0.05) is 30.3 Å². The second-order valence-corrected chi connectivity index (χ2v) is 10.3. The average Bonchev–Trinajstić information content (AvgIpc) is 2.89. The Labute approximate surface area is 199 Å². The molecule has 2 heterocycles. The molecule has 2 aliphatic rings. The third-order valence-corrected chi connectivity index (χ3v) is 8.43. The molecule has 0 atom stereocenters. The molecule has 0 unspecified atom stereocenters. The number of benzene rings is 3. The maximum atomic E-state index is 13.6. The largest absolute Gasteiger partial charge is 0.495 e. The molecule has 0 saturated carbocycles. The summed E-state index contributed by atoms with van der Waals surface area (Å²) in [5.74, 6) is 0.612. The summed E-state index contributed by atoms with van der Waals surface area (Å²) in [5.41, 5.74) is 3.14. The molecule has 0 aliphatic carbocycles. The van der Waals surface area contributed by atoms with Gasteiger partial charge in [0.05, 0.1) is 17.7 Å². The summed E-state index contributed by atoms with van der Waals surface area (Å²) < 4.78 is 39.7. The first kappa shape index (κ1) is 22.4. The zero-order valence-corrected chi connectivity index (χ0v) is 19.7. The predicted molar refractivity (Wildman–Crippen MR) is 129 cm³/mol. The zero-order valence-electron chi connectivity index (χ0n) is 18.9. The number of hydrogen-bond acceptors (Lipinski definition) is 5. The number of carbonyl (C=O) groups excluding carboxylic acids is 1. The number of carbonyl (C=O) groups is 1. The molecule has 1 saturated heterocycles. The van der Waals surface area contributed by atoms with Crippen LogP contribution < -0.4 is 9.64 Å². The lowest BCUT2D eigenvalue weighted by atomic mass is 10.0. The van der Waals surface area contributed by atoms with Crippen molar-refractivity contribution < 1.29 is 22.7 Å². The smallest absolute Gasteiger partial charge is 0.415 e. The van der Waals surface area contributed by atoms with E-state index in [4.69, 9.17) is 9.47 Å². The quantitative estimate of drug-likeness (QED) is 0.533. The summed E-state index contributed by atoms with van der Waals surface area (Å²) in [5, 5.41) is 0. The molecule has 0 bridgehead atoms. The van der Waals surface area contributed by atoms with Gasteiger partial charge in [-0.3, -0.25) is 4.90 Å². The Morgan fingerprint density at radius 2 is 1.62 bits per heavy atom. The topological polar surface area (TPSA) is 76.2 Å². The maximum Gasteiger partial charge on any atom is 0.415 e. The summed E-state index contributed by atoms with van der Waals surface area (Å²) in [6.07, 6.45) is 0.575. The minimum atomic E-state index is -3.71. The molecule has 0 radical (unpaired) electrons. The van der Waals surface area contributed by atoms with Crippen molar-refractivity contribution in [1.82, 2.24) is 4.31 Å². The summed E-state index contributed by atoms with van der Waals surface area (Å²) >= 11 is 0. The Morgan fingerprint density at radius 3 is 2.35 bits per heavy atom. The van der Waals surface area contributed by atoms with Gasteiger partial charge in [0.1, 0.15) is 12.4 Å². The molecular formula is C26H26N2O5S. The molecule has 2 aliphatic heterocycles. The minimum absolute atomic E-state index is 0.182. The van der Waals surface area contributed by atoms with Gasteiger partial charge in [-0.2, -0.15) is 4.31 Å². The highest BCUT2D eigenvalue weighted by molar-refractivity contribution is 7.89. The van der Waals surface area contributed by atoms with Gasteiger partial charge >= 0.3 is 6.09 Å². The van der Waals surface area contributed by atoms with Crippen molar-refractivity contribution in [3.8, 4) is 16.9 Å². The third-order valence-electron chi connectivity index (χ3n) is 6.47. The van der Waals surface area contributed by atoms with Crippen LogP contribution in [0.3, 0.4) is 0 Å². The molecule has 0 aromatic heterocycles. The van der Waals surface area contributed by atoms with Crippen molar-refractivity contribution in [2.45, 2.75) is 30.4 Å². The number of rotatable bonds is 5. The van der Waals surface area contributed by atoms with E-state index in [1.807, 2.05) is 60.7 Å². The Bertz CT molecular complexity index is 1290. The van der Waals surface area contributed by atoms with Gasteiger partial charge in [-0.1, -0.05) is 60.7 Å². The monoisotopic (exact) mass is 478 g/mol. The van der Waals surface area contributed by atoms with E-state index >= 15 is 0 Å². The van der Waals surface area contributed by atoms with Crippen molar-refractivity contribution in [2.24, 2.45) is 0 Å². The number of para-hydroxylation sites is 1. The average molecular weight is 479 g/mol. The van der Waals surface area contributed by atoms with Crippen LogP contribution in [0, 0.1) is 0 Å². The lowest BCUT2D eigenvalue weighted by Gasteiger charge is -2.40. The van der Waals surface area contributed by atoms with Crippen molar-refractivity contribution in [3.63, 3.8) is 0 Å². The molecule has 1 amide bonds. The minimum Gasteiger partial charge on any atom is -0.495 e. The van der Waals surface area contributed by atoms with Crippen LogP contribution in [0.4, 0.5) is 10.5 Å². The highest BCUT2D eigenvalue weighted by atomic mass is 32.2. The number of hydrogen-bond donors (Lipinski definition) is 0. The number of nitrogens with zero attached hydrogens (tertiary/aromatic N) is 2. The lowest BCUT2D eigenvalue weighted by molar-refractivity contribution is 0.135. The first-order chi connectivity index (χ1) is 16.5. The van der Waals surface area contributed by atoms with E-state index in [0.29, 0.717) is 42.1 Å². The highest BCUT2D eigenvalue weighted by Crippen LogP contribution is 2.40. The van der Waals surface area contributed by atoms with E-state index in [-0.39, 0.29) is 12.6 Å². The van der Waals surface area contributed by atoms with E-state index in [2.05, 4.69) is 0 Å².